The molecule has 0 saturated carbocycles. The van der Waals surface area contributed by atoms with E-state index in [-0.39, 0.29) is 11.7 Å². The zero-order valence-corrected chi connectivity index (χ0v) is 10.5. The molecule has 0 saturated heterocycles. The number of Topliss-reactive ketones (excluding diaryl/α,β-unsaturated/α-hetero) is 1. The summed E-state index contributed by atoms with van der Waals surface area (Å²) in [6.07, 6.45) is 0.816. The highest BCUT2D eigenvalue weighted by molar-refractivity contribution is 5.78. The van der Waals surface area contributed by atoms with Gasteiger partial charge in [-0.05, 0) is 37.0 Å². The van der Waals surface area contributed by atoms with Crippen LogP contribution in [-0.4, -0.2) is 12.9 Å². The van der Waals surface area contributed by atoms with Crippen molar-refractivity contribution in [1.29, 1.82) is 0 Å². The largest absolute Gasteiger partial charge is 0.497 e. The van der Waals surface area contributed by atoms with Crippen LogP contribution in [0.4, 0.5) is 0 Å². The van der Waals surface area contributed by atoms with E-state index in [1.165, 1.54) is 5.56 Å². The number of methoxy groups -OCH3 is 1. The monoisotopic (exact) mass is 220 g/mol. The second-order valence-electron chi connectivity index (χ2n) is 4.51. The molecule has 1 aromatic carbocycles. The number of hydrogen-bond donors (Lipinski definition) is 0. The van der Waals surface area contributed by atoms with Crippen LogP contribution in [0.3, 0.4) is 0 Å². The molecule has 88 valence electrons. The Morgan fingerprint density at radius 2 is 1.81 bits per heavy atom. The predicted molar refractivity (Wildman–Crippen MR) is 65.7 cm³/mol. The average Bonchev–Trinajstić information content (AvgIpc) is 2.25. The van der Waals surface area contributed by atoms with Gasteiger partial charge in [0.15, 0.2) is 0 Å². The number of carbonyl (C=O) groups excluding carboxylic acids is 1. The topological polar surface area (TPSA) is 26.3 Å². The molecular weight excluding hydrogens is 200 g/mol. The van der Waals surface area contributed by atoms with Crippen molar-refractivity contribution < 1.29 is 9.53 Å². The lowest BCUT2D eigenvalue weighted by Gasteiger charge is -2.17. The zero-order chi connectivity index (χ0) is 12.1. The smallest absolute Gasteiger partial charge is 0.133 e. The third-order valence-electron chi connectivity index (χ3n) is 2.94. The summed E-state index contributed by atoms with van der Waals surface area (Å²) in [6.45, 7) is 5.86. The van der Waals surface area contributed by atoms with Gasteiger partial charge in [0.2, 0.25) is 0 Å². The Kier molecular flexibility index (Phi) is 4.53. The molecular formula is C14H20O2. The van der Waals surface area contributed by atoms with E-state index < -0.39 is 0 Å². The first kappa shape index (κ1) is 12.8. The van der Waals surface area contributed by atoms with Gasteiger partial charge >= 0.3 is 0 Å². The van der Waals surface area contributed by atoms with E-state index in [0.29, 0.717) is 5.92 Å². The van der Waals surface area contributed by atoms with Crippen molar-refractivity contribution in [2.24, 2.45) is 11.8 Å². The first-order valence-electron chi connectivity index (χ1n) is 5.68. The van der Waals surface area contributed by atoms with E-state index in [9.17, 15) is 4.79 Å². The van der Waals surface area contributed by atoms with Gasteiger partial charge in [-0.25, -0.2) is 0 Å². The minimum atomic E-state index is 0.119. The Bertz CT molecular complexity index is 338. The minimum absolute atomic E-state index is 0.119. The molecule has 0 amide bonds. The third kappa shape index (κ3) is 3.37. The van der Waals surface area contributed by atoms with Gasteiger partial charge in [0, 0.05) is 5.92 Å². The van der Waals surface area contributed by atoms with Crippen molar-refractivity contribution in [3.05, 3.63) is 29.8 Å². The molecule has 2 nitrogen and oxygen atoms in total. The molecule has 1 rings (SSSR count). The van der Waals surface area contributed by atoms with Crippen LogP contribution in [0.5, 0.6) is 5.75 Å². The second-order valence-corrected chi connectivity index (χ2v) is 4.51. The maximum absolute atomic E-state index is 11.5. The van der Waals surface area contributed by atoms with E-state index in [1.54, 1.807) is 14.0 Å². The van der Waals surface area contributed by atoms with E-state index in [1.807, 2.05) is 24.3 Å². The molecule has 0 aliphatic rings. The molecule has 2 heteroatoms. The first-order chi connectivity index (χ1) is 7.54. The molecule has 1 atom stereocenters. The minimum Gasteiger partial charge on any atom is -0.497 e. The fraction of sp³-hybridized carbons (Fsp3) is 0.500. The summed E-state index contributed by atoms with van der Waals surface area (Å²) in [5.74, 6) is 1.63. The van der Waals surface area contributed by atoms with Crippen LogP contribution in [0, 0.1) is 11.8 Å². The Morgan fingerprint density at radius 1 is 1.25 bits per heavy atom. The predicted octanol–water partition coefficient (Wildman–Crippen LogP) is 3.10. The van der Waals surface area contributed by atoms with Gasteiger partial charge < -0.3 is 4.74 Å². The molecule has 0 N–H and O–H groups in total. The molecule has 1 unspecified atom stereocenters. The van der Waals surface area contributed by atoms with Crippen LogP contribution in [-0.2, 0) is 11.2 Å². The molecule has 0 bridgehead atoms. The summed E-state index contributed by atoms with van der Waals surface area (Å²) in [4.78, 5) is 11.5. The molecule has 1 aromatic rings. The summed E-state index contributed by atoms with van der Waals surface area (Å²) >= 11 is 0. The van der Waals surface area contributed by atoms with Crippen LogP contribution in [0.15, 0.2) is 24.3 Å². The van der Waals surface area contributed by atoms with E-state index in [0.717, 1.165) is 12.2 Å². The molecule has 0 spiro atoms. The van der Waals surface area contributed by atoms with E-state index >= 15 is 0 Å². The summed E-state index contributed by atoms with van der Waals surface area (Å²) < 4.78 is 5.10. The molecule has 0 heterocycles. The number of carbonyl (C=O) groups is 1. The van der Waals surface area contributed by atoms with Crippen molar-refractivity contribution in [3.63, 3.8) is 0 Å². The lowest BCUT2D eigenvalue weighted by molar-refractivity contribution is -0.121. The highest BCUT2D eigenvalue weighted by atomic mass is 16.5. The number of hydrogen-bond acceptors (Lipinski definition) is 2. The maximum Gasteiger partial charge on any atom is 0.133 e. The number of benzene rings is 1. The fourth-order valence-corrected chi connectivity index (χ4v) is 1.86. The van der Waals surface area contributed by atoms with Gasteiger partial charge in [0.25, 0.3) is 0 Å². The SMILES string of the molecule is COc1ccc(CC(C(C)=O)C(C)C)cc1. The Hall–Kier alpha value is -1.31. The maximum atomic E-state index is 11.5. The standard InChI is InChI=1S/C14H20O2/c1-10(2)14(11(3)15)9-12-5-7-13(16-4)8-6-12/h5-8,10,14H,9H2,1-4H3. The average molecular weight is 220 g/mol. The summed E-state index contributed by atoms with van der Waals surface area (Å²) in [6, 6.07) is 7.92. The number of ether oxygens (including phenoxy) is 1. The van der Waals surface area contributed by atoms with Gasteiger partial charge in [-0.2, -0.15) is 0 Å². The Morgan fingerprint density at radius 3 is 2.19 bits per heavy atom. The lowest BCUT2D eigenvalue weighted by Crippen LogP contribution is -2.20. The number of ketones is 1. The van der Waals surface area contributed by atoms with Crippen molar-refractivity contribution in [2.45, 2.75) is 27.2 Å². The Balaban J connectivity index is 2.74. The quantitative estimate of drug-likeness (QED) is 0.762. The van der Waals surface area contributed by atoms with Crippen molar-refractivity contribution in [1.82, 2.24) is 0 Å². The van der Waals surface area contributed by atoms with Crippen molar-refractivity contribution in [2.75, 3.05) is 7.11 Å². The van der Waals surface area contributed by atoms with E-state index in [2.05, 4.69) is 13.8 Å². The van der Waals surface area contributed by atoms with Gasteiger partial charge in [-0.15, -0.1) is 0 Å². The van der Waals surface area contributed by atoms with Gasteiger partial charge in [0.1, 0.15) is 11.5 Å². The normalized spacial score (nSPS) is 12.6. The summed E-state index contributed by atoms with van der Waals surface area (Å²) in [7, 11) is 1.65. The van der Waals surface area contributed by atoms with Crippen LogP contribution in [0.1, 0.15) is 26.3 Å². The van der Waals surface area contributed by atoms with Crippen LogP contribution in [0.25, 0.3) is 0 Å². The third-order valence-corrected chi connectivity index (χ3v) is 2.94. The van der Waals surface area contributed by atoms with Gasteiger partial charge in [-0.3, -0.25) is 4.79 Å². The summed E-state index contributed by atoms with van der Waals surface area (Å²) in [5, 5.41) is 0. The van der Waals surface area contributed by atoms with Crippen LogP contribution >= 0.6 is 0 Å². The molecule has 0 fully saturated rings. The molecule has 0 aliphatic heterocycles. The van der Waals surface area contributed by atoms with Crippen molar-refractivity contribution in [3.8, 4) is 5.75 Å². The highest BCUT2D eigenvalue weighted by Gasteiger charge is 2.18. The lowest BCUT2D eigenvalue weighted by atomic mass is 9.86. The van der Waals surface area contributed by atoms with Crippen LogP contribution < -0.4 is 4.74 Å². The fourth-order valence-electron chi connectivity index (χ4n) is 1.86. The highest BCUT2D eigenvalue weighted by Crippen LogP contribution is 2.20. The van der Waals surface area contributed by atoms with Crippen molar-refractivity contribution >= 4 is 5.78 Å². The molecule has 0 aliphatic carbocycles. The first-order valence-corrected chi connectivity index (χ1v) is 5.68. The molecule has 0 aromatic heterocycles. The second kappa shape index (κ2) is 5.69. The van der Waals surface area contributed by atoms with Gasteiger partial charge in [-0.1, -0.05) is 26.0 Å². The van der Waals surface area contributed by atoms with E-state index in [4.69, 9.17) is 4.74 Å². The Labute approximate surface area is 97.6 Å². The van der Waals surface area contributed by atoms with Crippen LogP contribution in [0.2, 0.25) is 0 Å². The summed E-state index contributed by atoms with van der Waals surface area (Å²) in [5.41, 5.74) is 1.19. The molecule has 0 radical (unpaired) electrons. The number of rotatable bonds is 5. The zero-order valence-electron chi connectivity index (χ0n) is 10.5. The molecule has 16 heavy (non-hydrogen) atoms. The van der Waals surface area contributed by atoms with Gasteiger partial charge in [0.05, 0.1) is 7.11 Å².